The fraction of sp³-hybridized carbons (Fsp3) is 0.188. The molecule has 3 nitrogen and oxygen atoms in total. The molecule has 2 aromatic carbocycles. The highest BCUT2D eigenvalue weighted by Crippen LogP contribution is 2.25. The summed E-state index contributed by atoms with van der Waals surface area (Å²) >= 11 is 3.40. The maximum Gasteiger partial charge on any atom is 0.255 e. The van der Waals surface area contributed by atoms with Gasteiger partial charge in [0.1, 0.15) is 5.75 Å². The summed E-state index contributed by atoms with van der Waals surface area (Å²) in [5.41, 5.74) is 1.62. The van der Waals surface area contributed by atoms with Crippen molar-refractivity contribution in [1.29, 1.82) is 0 Å². The highest BCUT2D eigenvalue weighted by molar-refractivity contribution is 9.10. The molecule has 0 saturated heterocycles. The van der Waals surface area contributed by atoms with E-state index >= 15 is 0 Å². The molecule has 0 saturated carbocycles. The van der Waals surface area contributed by atoms with Crippen LogP contribution in [0, 0.1) is 0 Å². The average molecular weight is 334 g/mol. The molecule has 0 spiro atoms. The first-order valence-corrected chi connectivity index (χ1v) is 7.10. The third-order valence-corrected chi connectivity index (χ3v) is 4.07. The molecule has 0 aromatic heterocycles. The molecule has 0 aliphatic heterocycles. The summed E-state index contributed by atoms with van der Waals surface area (Å²) in [6.45, 7) is 1.96. The predicted octanol–water partition coefficient (Wildman–Crippen LogP) is 3.99. The molecule has 0 radical (unpaired) electrons. The molecule has 0 bridgehead atoms. The molecular formula is C16H16BrNO2. The van der Waals surface area contributed by atoms with Gasteiger partial charge in [0.25, 0.3) is 5.91 Å². The molecule has 0 fully saturated rings. The molecule has 2 rings (SSSR count). The van der Waals surface area contributed by atoms with E-state index in [0.717, 1.165) is 10.0 Å². The first kappa shape index (κ1) is 14.6. The van der Waals surface area contributed by atoms with E-state index in [9.17, 15) is 9.90 Å². The number of rotatable bonds is 3. The van der Waals surface area contributed by atoms with Crippen LogP contribution in [0.1, 0.15) is 28.9 Å². The highest BCUT2D eigenvalue weighted by atomic mass is 79.9. The van der Waals surface area contributed by atoms with E-state index in [4.69, 9.17) is 0 Å². The van der Waals surface area contributed by atoms with Gasteiger partial charge in [-0.3, -0.25) is 4.79 Å². The maximum atomic E-state index is 12.5. The van der Waals surface area contributed by atoms with Crippen molar-refractivity contribution < 1.29 is 9.90 Å². The van der Waals surface area contributed by atoms with Crippen LogP contribution in [-0.4, -0.2) is 23.0 Å². The Bertz CT molecular complexity index is 610. The van der Waals surface area contributed by atoms with Gasteiger partial charge in [0.15, 0.2) is 0 Å². The van der Waals surface area contributed by atoms with Crippen LogP contribution in [0.5, 0.6) is 5.75 Å². The minimum Gasteiger partial charge on any atom is -0.508 e. The average Bonchev–Trinajstić information content (AvgIpc) is 2.46. The number of halogens is 1. The lowest BCUT2D eigenvalue weighted by atomic mass is 10.1. The van der Waals surface area contributed by atoms with Crippen molar-refractivity contribution in [3.05, 3.63) is 64.1 Å². The van der Waals surface area contributed by atoms with Crippen molar-refractivity contribution in [1.82, 2.24) is 4.90 Å². The molecule has 0 heterocycles. The summed E-state index contributed by atoms with van der Waals surface area (Å²) in [6.07, 6.45) is 0. The number of phenols is 1. The number of carbonyl (C=O) groups excluding carboxylic acids is 1. The Kier molecular flexibility index (Phi) is 4.45. The predicted molar refractivity (Wildman–Crippen MR) is 82.8 cm³/mol. The second kappa shape index (κ2) is 6.09. The molecule has 1 N–H and O–H groups in total. The Balaban J connectivity index is 2.22. The topological polar surface area (TPSA) is 40.5 Å². The standard InChI is InChI=1S/C16H16BrNO2/c1-11(12-7-9-13(19)10-8-12)18(2)16(20)14-5-3-4-6-15(14)17/h3-11,19H,1-2H3. The second-order valence-corrected chi connectivity index (χ2v) is 5.52. The lowest BCUT2D eigenvalue weighted by Crippen LogP contribution is -2.29. The highest BCUT2D eigenvalue weighted by Gasteiger charge is 2.20. The number of hydrogen-bond acceptors (Lipinski definition) is 2. The molecule has 1 atom stereocenters. The molecule has 2 aromatic rings. The van der Waals surface area contributed by atoms with Crippen molar-refractivity contribution in [2.24, 2.45) is 0 Å². The van der Waals surface area contributed by atoms with Gasteiger partial charge in [0, 0.05) is 11.5 Å². The first-order chi connectivity index (χ1) is 9.50. The van der Waals surface area contributed by atoms with E-state index in [0.29, 0.717) is 5.56 Å². The van der Waals surface area contributed by atoms with E-state index in [-0.39, 0.29) is 17.7 Å². The number of amides is 1. The first-order valence-electron chi connectivity index (χ1n) is 6.31. The van der Waals surface area contributed by atoms with Crippen LogP contribution in [-0.2, 0) is 0 Å². The minimum atomic E-state index is -0.0739. The second-order valence-electron chi connectivity index (χ2n) is 4.66. The summed E-state index contributed by atoms with van der Waals surface area (Å²) in [7, 11) is 1.78. The number of carbonyl (C=O) groups is 1. The third kappa shape index (κ3) is 3.02. The number of hydrogen-bond donors (Lipinski definition) is 1. The van der Waals surface area contributed by atoms with Gasteiger partial charge in [-0.25, -0.2) is 0 Å². The van der Waals surface area contributed by atoms with E-state index in [1.165, 1.54) is 0 Å². The van der Waals surface area contributed by atoms with Crippen molar-refractivity contribution in [3.63, 3.8) is 0 Å². The molecule has 104 valence electrons. The zero-order valence-electron chi connectivity index (χ0n) is 11.4. The Labute approximate surface area is 127 Å². The number of phenolic OH excluding ortho intramolecular Hbond substituents is 1. The summed E-state index contributed by atoms with van der Waals surface area (Å²) < 4.78 is 0.787. The largest absolute Gasteiger partial charge is 0.508 e. The van der Waals surface area contributed by atoms with E-state index < -0.39 is 0 Å². The molecule has 0 aliphatic rings. The molecule has 1 amide bonds. The van der Waals surface area contributed by atoms with Gasteiger partial charge in [-0.2, -0.15) is 0 Å². The Morgan fingerprint density at radius 2 is 1.75 bits per heavy atom. The van der Waals surface area contributed by atoms with Gasteiger partial charge < -0.3 is 10.0 Å². The monoisotopic (exact) mass is 333 g/mol. The molecular weight excluding hydrogens is 318 g/mol. The van der Waals surface area contributed by atoms with Crippen molar-refractivity contribution in [2.75, 3.05) is 7.05 Å². The molecule has 20 heavy (non-hydrogen) atoms. The van der Waals surface area contributed by atoms with Crippen LogP contribution in [0.2, 0.25) is 0 Å². The van der Waals surface area contributed by atoms with Crippen LogP contribution in [0.4, 0.5) is 0 Å². The smallest absolute Gasteiger partial charge is 0.255 e. The Morgan fingerprint density at radius 3 is 2.35 bits per heavy atom. The van der Waals surface area contributed by atoms with E-state index in [1.54, 1.807) is 30.1 Å². The zero-order chi connectivity index (χ0) is 14.7. The normalized spacial score (nSPS) is 11.9. The van der Waals surface area contributed by atoms with Crippen LogP contribution in [0.25, 0.3) is 0 Å². The fourth-order valence-electron chi connectivity index (χ4n) is 1.98. The van der Waals surface area contributed by atoms with Gasteiger partial charge in [-0.1, -0.05) is 24.3 Å². The van der Waals surface area contributed by atoms with E-state index in [1.807, 2.05) is 37.3 Å². The van der Waals surface area contributed by atoms with Gasteiger partial charge in [0.2, 0.25) is 0 Å². The van der Waals surface area contributed by atoms with Crippen LogP contribution >= 0.6 is 15.9 Å². The van der Waals surface area contributed by atoms with Crippen LogP contribution < -0.4 is 0 Å². The number of nitrogens with zero attached hydrogens (tertiary/aromatic N) is 1. The zero-order valence-corrected chi connectivity index (χ0v) is 13.0. The fourth-order valence-corrected chi connectivity index (χ4v) is 2.43. The summed E-state index contributed by atoms with van der Waals surface area (Å²) in [5, 5.41) is 9.31. The lowest BCUT2D eigenvalue weighted by Gasteiger charge is -2.26. The van der Waals surface area contributed by atoms with Crippen molar-refractivity contribution in [2.45, 2.75) is 13.0 Å². The molecule has 1 unspecified atom stereocenters. The summed E-state index contributed by atoms with van der Waals surface area (Å²) in [4.78, 5) is 14.2. The third-order valence-electron chi connectivity index (χ3n) is 3.38. The van der Waals surface area contributed by atoms with Gasteiger partial charge in [-0.15, -0.1) is 0 Å². The van der Waals surface area contributed by atoms with Gasteiger partial charge in [-0.05, 0) is 52.7 Å². The number of benzene rings is 2. The van der Waals surface area contributed by atoms with E-state index in [2.05, 4.69) is 15.9 Å². The van der Waals surface area contributed by atoms with Crippen LogP contribution in [0.3, 0.4) is 0 Å². The molecule has 4 heteroatoms. The lowest BCUT2D eigenvalue weighted by molar-refractivity contribution is 0.0741. The minimum absolute atomic E-state index is 0.0435. The van der Waals surface area contributed by atoms with Gasteiger partial charge >= 0.3 is 0 Å². The van der Waals surface area contributed by atoms with Crippen LogP contribution in [0.15, 0.2) is 53.0 Å². The summed E-state index contributed by atoms with van der Waals surface area (Å²) in [5.74, 6) is 0.179. The van der Waals surface area contributed by atoms with Gasteiger partial charge in [0.05, 0.1) is 11.6 Å². The Morgan fingerprint density at radius 1 is 1.15 bits per heavy atom. The number of aromatic hydroxyl groups is 1. The Hall–Kier alpha value is -1.81. The van der Waals surface area contributed by atoms with Crippen molar-refractivity contribution in [3.8, 4) is 5.75 Å². The summed E-state index contributed by atoms with van der Waals surface area (Å²) in [6, 6.07) is 14.2. The maximum absolute atomic E-state index is 12.5. The molecule has 0 aliphatic carbocycles. The SMILES string of the molecule is CC(c1ccc(O)cc1)N(C)C(=O)c1ccccc1Br. The van der Waals surface area contributed by atoms with Crippen molar-refractivity contribution >= 4 is 21.8 Å². The quantitative estimate of drug-likeness (QED) is 0.922.